The Morgan fingerprint density at radius 1 is 1.62 bits per heavy atom. The summed E-state index contributed by atoms with van der Waals surface area (Å²) < 4.78 is 0. The molecule has 0 spiro atoms. The molecule has 0 radical (unpaired) electrons. The summed E-state index contributed by atoms with van der Waals surface area (Å²) in [4.78, 5) is 15.6. The van der Waals surface area contributed by atoms with Crippen LogP contribution in [0.2, 0.25) is 0 Å². The van der Waals surface area contributed by atoms with Crippen molar-refractivity contribution in [3.63, 3.8) is 0 Å². The molecule has 2 heterocycles. The molecule has 1 unspecified atom stereocenters. The average Bonchev–Trinajstić information content (AvgIpc) is 2.74. The van der Waals surface area contributed by atoms with Crippen molar-refractivity contribution in [2.75, 3.05) is 0 Å². The molecule has 0 saturated carbocycles. The molecule has 4 nitrogen and oxygen atoms in total. The lowest BCUT2D eigenvalue weighted by Gasteiger charge is -2.10. The maximum Gasteiger partial charge on any atom is 0.291 e. The molecule has 0 aliphatic carbocycles. The van der Waals surface area contributed by atoms with Crippen LogP contribution in [0, 0.1) is 10.1 Å². The minimum Gasteiger partial charge on any atom is -0.258 e. The van der Waals surface area contributed by atoms with Crippen molar-refractivity contribution >= 4 is 27.2 Å². The molecule has 0 amide bonds. The monoisotopic (exact) mass is 236 g/mol. The molecule has 0 aliphatic heterocycles. The van der Waals surface area contributed by atoms with Gasteiger partial charge in [0.1, 0.15) is 11.0 Å². The van der Waals surface area contributed by atoms with Crippen molar-refractivity contribution in [2.24, 2.45) is 0 Å². The van der Waals surface area contributed by atoms with Crippen LogP contribution in [0.4, 0.5) is 5.69 Å². The van der Waals surface area contributed by atoms with Gasteiger partial charge >= 0.3 is 0 Å². The van der Waals surface area contributed by atoms with Gasteiger partial charge in [-0.3, -0.25) is 10.1 Å². The molecule has 0 aromatic carbocycles. The van der Waals surface area contributed by atoms with Crippen LogP contribution in [0.3, 0.4) is 0 Å². The summed E-state index contributed by atoms with van der Waals surface area (Å²) in [6.45, 7) is 4.05. The van der Waals surface area contributed by atoms with Crippen LogP contribution in [0.1, 0.15) is 31.7 Å². The largest absolute Gasteiger partial charge is 0.291 e. The topological polar surface area (TPSA) is 56.0 Å². The molecule has 0 N–H and O–H groups in total. The van der Waals surface area contributed by atoms with E-state index in [0.29, 0.717) is 0 Å². The maximum atomic E-state index is 11.0. The number of rotatable bonds is 3. The summed E-state index contributed by atoms with van der Waals surface area (Å²) >= 11 is 1.52. The van der Waals surface area contributed by atoms with Gasteiger partial charge in [-0.15, -0.1) is 11.3 Å². The predicted molar refractivity (Wildman–Crippen MR) is 65.0 cm³/mol. The first-order valence-electron chi connectivity index (χ1n) is 5.15. The zero-order valence-electron chi connectivity index (χ0n) is 9.14. The summed E-state index contributed by atoms with van der Waals surface area (Å²) in [5.41, 5.74) is 0.957. The van der Waals surface area contributed by atoms with Gasteiger partial charge in [0, 0.05) is 10.9 Å². The van der Waals surface area contributed by atoms with E-state index in [1.807, 2.05) is 25.3 Å². The Morgan fingerprint density at radius 2 is 2.38 bits per heavy atom. The third-order valence-corrected chi connectivity index (χ3v) is 3.64. The van der Waals surface area contributed by atoms with Crippen molar-refractivity contribution in [1.29, 1.82) is 0 Å². The van der Waals surface area contributed by atoms with E-state index in [0.717, 1.165) is 22.2 Å². The van der Waals surface area contributed by atoms with Gasteiger partial charge in [0.15, 0.2) is 0 Å². The molecule has 2 rings (SSSR count). The molecule has 0 aliphatic rings. The molecule has 0 bridgehead atoms. The Morgan fingerprint density at radius 3 is 3.00 bits per heavy atom. The lowest BCUT2D eigenvalue weighted by Crippen LogP contribution is -2.00. The van der Waals surface area contributed by atoms with Gasteiger partial charge in [-0.1, -0.05) is 13.8 Å². The summed E-state index contributed by atoms with van der Waals surface area (Å²) in [5.74, 6) is 0.181. The Hall–Kier alpha value is -1.49. The van der Waals surface area contributed by atoms with Crippen LogP contribution in [-0.2, 0) is 0 Å². The lowest BCUT2D eigenvalue weighted by atomic mass is 9.95. The predicted octanol–water partition coefficient (Wildman–Crippen LogP) is 3.72. The van der Waals surface area contributed by atoms with E-state index < -0.39 is 0 Å². The third-order valence-electron chi connectivity index (χ3n) is 2.82. The van der Waals surface area contributed by atoms with Gasteiger partial charge in [0.2, 0.25) is 0 Å². The van der Waals surface area contributed by atoms with Gasteiger partial charge in [0.05, 0.1) is 4.92 Å². The number of hydrogen-bond donors (Lipinski definition) is 0. The standard InChI is InChI=1S/C11H12N2O2S/c1-3-7(2)10-8-4-5-16-11(8)12-6-9(10)13(14)15/h4-7H,3H2,1-2H3. The van der Waals surface area contributed by atoms with E-state index in [1.54, 1.807) is 0 Å². The number of fused-ring (bicyclic) bond motifs is 1. The number of nitrogens with zero attached hydrogens (tertiary/aromatic N) is 2. The van der Waals surface area contributed by atoms with E-state index >= 15 is 0 Å². The van der Waals surface area contributed by atoms with Crippen LogP contribution in [0.15, 0.2) is 17.6 Å². The van der Waals surface area contributed by atoms with E-state index in [2.05, 4.69) is 4.98 Å². The van der Waals surface area contributed by atoms with Crippen molar-refractivity contribution in [3.8, 4) is 0 Å². The molecule has 1 atom stereocenters. The number of pyridine rings is 1. The van der Waals surface area contributed by atoms with Gasteiger partial charge in [-0.25, -0.2) is 4.98 Å². The van der Waals surface area contributed by atoms with Crippen molar-refractivity contribution < 1.29 is 4.92 Å². The molecule has 2 aromatic heterocycles. The molecule has 2 aromatic rings. The highest BCUT2D eigenvalue weighted by Gasteiger charge is 2.22. The quantitative estimate of drug-likeness (QED) is 0.602. The third kappa shape index (κ3) is 1.67. The van der Waals surface area contributed by atoms with E-state index in [9.17, 15) is 10.1 Å². The Labute approximate surface area is 97.1 Å². The van der Waals surface area contributed by atoms with Crippen LogP contribution in [0.5, 0.6) is 0 Å². The van der Waals surface area contributed by atoms with Crippen LogP contribution in [0.25, 0.3) is 10.2 Å². The normalized spacial score (nSPS) is 12.9. The Bertz CT molecular complexity index is 536. The first-order chi connectivity index (χ1) is 7.65. The molecule has 16 heavy (non-hydrogen) atoms. The first kappa shape index (κ1) is 11.0. The van der Waals surface area contributed by atoms with E-state index in [1.165, 1.54) is 17.5 Å². The second-order valence-electron chi connectivity index (χ2n) is 3.76. The van der Waals surface area contributed by atoms with Crippen molar-refractivity contribution in [2.45, 2.75) is 26.2 Å². The van der Waals surface area contributed by atoms with Crippen LogP contribution in [-0.4, -0.2) is 9.91 Å². The highest BCUT2D eigenvalue weighted by atomic mass is 32.1. The molecular weight excluding hydrogens is 224 g/mol. The Kier molecular flexibility index (Phi) is 2.87. The molecule has 0 fully saturated rings. The van der Waals surface area contributed by atoms with Crippen molar-refractivity contribution in [1.82, 2.24) is 4.98 Å². The highest BCUT2D eigenvalue weighted by Crippen LogP contribution is 2.35. The van der Waals surface area contributed by atoms with E-state index in [-0.39, 0.29) is 16.5 Å². The number of thiophene rings is 1. The number of hydrogen-bond acceptors (Lipinski definition) is 4. The molecule has 0 saturated heterocycles. The lowest BCUT2D eigenvalue weighted by molar-refractivity contribution is -0.385. The summed E-state index contributed by atoms with van der Waals surface area (Å²) in [6, 6.07) is 1.92. The minimum atomic E-state index is -0.342. The smallest absolute Gasteiger partial charge is 0.258 e. The second kappa shape index (κ2) is 4.17. The zero-order chi connectivity index (χ0) is 11.7. The summed E-state index contributed by atoms with van der Waals surface area (Å²) in [6.07, 6.45) is 2.26. The van der Waals surface area contributed by atoms with Gasteiger partial charge in [0.25, 0.3) is 5.69 Å². The number of nitro groups is 1. The molecule has 84 valence electrons. The van der Waals surface area contributed by atoms with Crippen LogP contribution >= 0.6 is 11.3 Å². The summed E-state index contributed by atoms with van der Waals surface area (Å²) in [5, 5.41) is 13.8. The fraction of sp³-hybridized carbons (Fsp3) is 0.364. The molecular formula is C11H12N2O2S. The zero-order valence-corrected chi connectivity index (χ0v) is 9.95. The van der Waals surface area contributed by atoms with Crippen molar-refractivity contribution in [3.05, 3.63) is 33.3 Å². The minimum absolute atomic E-state index is 0.139. The fourth-order valence-electron chi connectivity index (χ4n) is 1.80. The SMILES string of the molecule is CCC(C)c1c([N+](=O)[O-])cnc2sccc12. The number of aromatic nitrogens is 1. The molecule has 5 heteroatoms. The average molecular weight is 236 g/mol. The van der Waals surface area contributed by atoms with Gasteiger partial charge in [-0.2, -0.15) is 0 Å². The first-order valence-corrected chi connectivity index (χ1v) is 6.03. The van der Waals surface area contributed by atoms with Crippen LogP contribution < -0.4 is 0 Å². The highest BCUT2D eigenvalue weighted by molar-refractivity contribution is 7.16. The Balaban J connectivity index is 2.75. The fourth-order valence-corrected chi connectivity index (χ4v) is 2.55. The van der Waals surface area contributed by atoms with Gasteiger partial charge < -0.3 is 0 Å². The maximum absolute atomic E-state index is 11.0. The van der Waals surface area contributed by atoms with E-state index in [4.69, 9.17) is 0 Å². The summed E-state index contributed by atoms with van der Waals surface area (Å²) in [7, 11) is 0. The second-order valence-corrected chi connectivity index (χ2v) is 4.66. The van der Waals surface area contributed by atoms with Gasteiger partial charge in [-0.05, 0) is 23.8 Å².